The highest BCUT2D eigenvalue weighted by Gasteiger charge is 2.28. The smallest absolute Gasteiger partial charge is 0.239 e. The first-order valence-electron chi connectivity index (χ1n) is 6.03. The third-order valence-corrected chi connectivity index (χ3v) is 3.07. The van der Waals surface area contributed by atoms with Gasteiger partial charge in [-0.05, 0) is 13.3 Å². The maximum atomic E-state index is 13.9. The topological polar surface area (TPSA) is 76.3 Å². The molecule has 0 amide bonds. The lowest BCUT2D eigenvalue weighted by Gasteiger charge is -2.39. The van der Waals surface area contributed by atoms with Gasteiger partial charge in [-0.2, -0.15) is 4.98 Å². The van der Waals surface area contributed by atoms with Gasteiger partial charge >= 0.3 is 0 Å². The fourth-order valence-electron chi connectivity index (χ4n) is 2.07. The molecule has 2 rings (SSSR count). The van der Waals surface area contributed by atoms with Crippen LogP contribution in [0.25, 0.3) is 0 Å². The van der Waals surface area contributed by atoms with Crippen LogP contribution in [0.15, 0.2) is 6.20 Å². The number of halogens is 1. The largest absolute Gasteiger partial charge is 0.375 e. The number of hydrogen-bond donors (Lipinski definition) is 2. The van der Waals surface area contributed by atoms with Crippen molar-refractivity contribution in [2.45, 2.75) is 32.4 Å². The Hall–Kier alpha value is -1.47. The van der Waals surface area contributed by atoms with Gasteiger partial charge in [0.05, 0.1) is 24.9 Å². The van der Waals surface area contributed by atoms with Gasteiger partial charge in [-0.3, -0.25) is 5.43 Å². The molecule has 1 fully saturated rings. The molecule has 1 aromatic rings. The first kappa shape index (κ1) is 13.0. The Morgan fingerprint density at radius 1 is 1.67 bits per heavy atom. The van der Waals surface area contributed by atoms with Crippen LogP contribution in [0.1, 0.15) is 20.3 Å². The zero-order valence-corrected chi connectivity index (χ0v) is 10.6. The van der Waals surface area contributed by atoms with Gasteiger partial charge in [0.25, 0.3) is 0 Å². The van der Waals surface area contributed by atoms with E-state index in [4.69, 9.17) is 10.6 Å². The van der Waals surface area contributed by atoms with Crippen LogP contribution in [0.5, 0.6) is 0 Å². The van der Waals surface area contributed by atoms with Crippen molar-refractivity contribution in [1.29, 1.82) is 0 Å². The molecule has 2 atom stereocenters. The number of hydrogen-bond acceptors (Lipinski definition) is 6. The minimum Gasteiger partial charge on any atom is -0.375 e. The summed E-state index contributed by atoms with van der Waals surface area (Å²) >= 11 is 0. The summed E-state index contributed by atoms with van der Waals surface area (Å²) in [6, 6.07) is 0.122. The number of nitrogen functional groups attached to an aromatic ring is 1. The van der Waals surface area contributed by atoms with Crippen molar-refractivity contribution in [3.8, 4) is 0 Å². The van der Waals surface area contributed by atoms with Crippen LogP contribution in [0.4, 0.5) is 16.2 Å². The van der Waals surface area contributed by atoms with E-state index in [2.05, 4.69) is 15.4 Å². The summed E-state index contributed by atoms with van der Waals surface area (Å²) in [6.45, 7) is 5.18. The quantitative estimate of drug-likeness (QED) is 0.617. The molecular formula is C11H18FN5O. The van der Waals surface area contributed by atoms with Crippen molar-refractivity contribution in [2.75, 3.05) is 23.5 Å². The van der Waals surface area contributed by atoms with Crippen molar-refractivity contribution in [2.24, 2.45) is 5.84 Å². The molecule has 1 aliphatic heterocycles. The second-order valence-corrected chi connectivity index (χ2v) is 4.37. The van der Waals surface area contributed by atoms with E-state index in [9.17, 15) is 4.39 Å². The van der Waals surface area contributed by atoms with E-state index in [1.165, 1.54) is 0 Å². The highest BCUT2D eigenvalue weighted by atomic mass is 19.1. The van der Waals surface area contributed by atoms with Gasteiger partial charge < -0.3 is 9.64 Å². The molecule has 1 aliphatic rings. The fraction of sp³-hybridized carbons (Fsp3) is 0.636. The van der Waals surface area contributed by atoms with Crippen molar-refractivity contribution in [3.63, 3.8) is 0 Å². The Balaban J connectivity index is 2.32. The first-order chi connectivity index (χ1) is 8.65. The van der Waals surface area contributed by atoms with E-state index in [1.807, 2.05) is 18.7 Å². The van der Waals surface area contributed by atoms with Crippen LogP contribution in [0, 0.1) is 5.82 Å². The van der Waals surface area contributed by atoms with Crippen molar-refractivity contribution in [3.05, 3.63) is 12.0 Å². The Morgan fingerprint density at radius 2 is 2.44 bits per heavy atom. The number of anilines is 2. The summed E-state index contributed by atoms with van der Waals surface area (Å²) in [5, 5.41) is 0. The highest BCUT2D eigenvalue weighted by Crippen LogP contribution is 2.24. The normalized spacial score (nSPS) is 24.1. The van der Waals surface area contributed by atoms with Gasteiger partial charge in [0.15, 0.2) is 11.6 Å². The van der Waals surface area contributed by atoms with Crippen molar-refractivity contribution >= 4 is 11.8 Å². The van der Waals surface area contributed by atoms with E-state index < -0.39 is 5.82 Å². The van der Waals surface area contributed by atoms with Crippen LogP contribution < -0.4 is 16.2 Å². The lowest BCUT2D eigenvalue weighted by atomic mass is 10.1. The van der Waals surface area contributed by atoms with E-state index in [-0.39, 0.29) is 23.9 Å². The van der Waals surface area contributed by atoms with Crippen LogP contribution in [0.2, 0.25) is 0 Å². The third kappa shape index (κ3) is 2.51. The van der Waals surface area contributed by atoms with Gasteiger partial charge in [0, 0.05) is 6.54 Å². The van der Waals surface area contributed by atoms with E-state index in [0.29, 0.717) is 13.2 Å². The molecule has 0 saturated carbocycles. The first-order valence-corrected chi connectivity index (χ1v) is 6.03. The number of rotatable bonds is 3. The van der Waals surface area contributed by atoms with Crippen LogP contribution in [0.3, 0.4) is 0 Å². The second-order valence-electron chi connectivity index (χ2n) is 4.37. The molecule has 0 aromatic carbocycles. The molecule has 18 heavy (non-hydrogen) atoms. The Kier molecular flexibility index (Phi) is 3.93. The molecule has 0 spiro atoms. The Labute approximate surface area is 105 Å². The van der Waals surface area contributed by atoms with Crippen molar-refractivity contribution < 1.29 is 9.13 Å². The van der Waals surface area contributed by atoms with Gasteiger partial charge in [0.2, 0.25) is 5.95 Å². The average Bonchev–Trinajstić information content (AvgIpc) is 2.39. The molecule has 0 radical (unpaired) electrons. The summed E-state index contributed by atoms with van der Waals surface area (Å²) in [7, 11) is 0. The number of aromatic nitrogens is 2. The monoisotopic (exact) mass is 255 g/mol. The summed E-state index contributed by atoms with van der Waals surface area (Å²) in [6.07, 6.45) is 2.04. The fourth-order valence-corrected chi connectivity index (χ4v) is 2.07. The highest BCUT2D eigenvalue weighted by molar-refractivity contribution is 5.45. The third-order valence-electron chi connectivity index (χ3n) is 3.07. The summed E-state index contributed by atoms with van der Waals surface area (Å²) in [5.74, 6) is 5.30. The maximum Gasteiger partial charge on any atom is 0.239 e. The van der Waals surface area contributed by atoms with E-state index in [1.54, 1.807) is 0 Å². The minimum absolute atomic E-state index is 0.0523. The SMILES string of the molecule is CCC1COC(C)CN1c1nc(NN)ncc1F. The van der Waals surface area contributed by atoms with Crippen molar-refractivity contribution in [1.82, 2.24) is 9.97 Å². The lowest BCUT2D eigenvalue weighted by molar-refractivity contribution is 0.0293. The Morgan fingerprint density at radius 3 is 3.11 bits per heavy atom. The zero-order valence-electron chi connectivity index (χ0n) is 10.6. The molecule has 1 saturated heterocycles. The summed E-state index contributed by atoms with van der Waals surface area (Å²) in [5.41, 5.74) is 2.33. The number of ether oxygens (including phenoxy) is 1. The van der Waals surface area contributed by atoms with E-state index >= 15 is 0 Å². The second kappa shape index (κ2) is 5.45. The number of hydrazine groups is 1. The predicted octanol–water partition coefficient (Wildman–Crippen LogP) is 0.905. The summed E-state index contributed by atoms with van der Waals surface area (Å²) in [4.78, 5) is 9.76. The molecule has 3 N–H and O–H groups in total. The number of nitrogens with two attached hydrogens (primary N) is 1. The molecule has 7 heteroatoms. The number of nitrogens with zero attached hydrogens (tertiary/aromatic N) is 3. The average molecular weight is 255 g/mol. The molecule has 0 bridgehead atoms. The predicted molar refractivity (Wildman–Crippen MR) is 66.6 cm³/mol. The molecule has 6 nitrogen and oxygen atoms in total. The summed E-state index contributed by atoms with van der Waals surface area (Å²) < 4.78 is 19.4. The van der Waals surface area contributed by atoms with E-state index in [0.717, 1.165) is 12.6 Å². The molecule has 0 aliphatic carbocycles. The number of morpholine rings is 1. The molecule has 100 valence electrons. The molecule has 2 unspecified atom stereocenters. The van der Waals surface area contributed by atoms with Crippen LogP contribution in [-0.4, -0.2) is 35.3 Å². The van der Waals surface area contributed by atoms with Gasteiger partial charge in [0.1, 0.15) is 0 Å². The molecule has 1 aromatic heterocycles. The maximum absolute atomic E-state index is 13.9. The number of nitrogens with one attached hydrogen (secondary N) is 1. The molecule has 2 heterocycles. The van der Waals surface area contributed by atoms with Gasteiger partial charge in [-0.15, -0.1) is 0 Å². The standard InChI is InChI=1S/C11H18FN5O/c1-3-8-6-18-7(2)5-17(8)10-9(12)4-14-11(15-10)16-13/h4,7-8H,3,5-6,13H2,1-2H3,(H,14,15,16). The van der Waals surface area contributed by atoms with Crippen LogP contribution in [-0.2, 0) is 4.74 Å². The zero-order chi connectivity index (χ0) is 13.1. The molecular weight excluding hydrogens is 237 g/mol. The minimum atomic E-state index is -0.443. The van der Waals surface area contributed by atoms with Gasteiger partial charge in [-0.25, -0.2) is 15.2 Å². The Bertz CT molecular complexity index is 416. The van der Waals surface area contributed by atoms with Gasteiger partial charge in [-0.1, -0.05) is 6.92 Å². The van der Waals surface area contributed by atoms with Crippen LogP contribution >= 0.6 is 0 Å². The lowest BCUT2D eigenvalue weighted by Crippen LogP contribution is -2.49.